The highest BCUT2D eigenvalue weighted by atomic mass is 16.3. The van der Waals surface area contributed by atoms with Gasteiger partial charge in [-0.25, -0.2) is 9.97 Å². The van der Waals surface area contributed by atoms with E-state index in [1.165, 1.54) is 0 Å². The van der Waals surface area contributed by atoms with Gasteiger partial charge in [0.15, 0.2) is 0 Å². The highest BCUT2D eigenvalue weighted by Crippen LogP contribution is 2.21. The van der Waals surface area contributed by atoms with Gasteiger partial charge >= 0.3 is 0 Å². The second-order valence-electron chi connectivity index (χ2n) is 4.43. The molecule has 0 fully saturated rings. The van der Waals surface area contributed by atoms with Crippen LogP contribution in [0.15, 0.2) is 47.7 Å². The third-order valence-corrected chi connectivity index (χ3v) is 3.07. The number of hydrogen-bond acceptors (Lipinski definition) is 4. The predicted molar refractivity (Wildman–Crippen MR) is 74.0 cm³/mol. The summed E-state index contributed by atoms with van der Waals surface area (Å²) in [7, 11) is 0. The van der Waals surface area contributed by atoms with E-state index in [-0.39, 0.29) is 0 Å². The molecule has 3 aromatic heterocycles. The molecule has 3 aromatic rings. The summed E-state index contributed by atoms with van der Waals surface area (Å²) in [5.74, 6) is 0.897. The van der Waals surface area contributed by atoms with Gasteiger partial charge in [-0.05, 0) is 25.0 Å². The fraction of sp³-hybridized carbons (Fsp3) is 0.286. The van der Waals surface area contributed by atoms with Crippen LogP contribution < -0.4 is 5.32 Å². The summed E-state index contributed by atoms with van der Waals surface area (Å²) in [5, 5.41) is 4.40. The summed E-state index contributed by atoms with van der Waals surface area (Å²) in [6.07, 6.45) is 11.3. The van der Waals surface area contributed by atoms with Crippen molar-refractivity contribution in [2.75, 3.05) is 11.9 Å². The second kappa shape index (κ2) is 5.56. The smallest absolute Gasteiger partial charge is 0.139 e. The van der Waals surface area contributed by atoms with E-state index in [1.54, 1.807) is 12.5 Å². The van der Waals surface area contributed by atoms with Crippen LogP contribution in [0.5, 0.6) is 0 Å². The first-order valence-electron chi connectivity index (χ1n) is 6.45. The summed E-state index contributed by atoms with van der Waals surface area (Å²) >= 11 is 0. The zero-order chi connectivity index (χ0) is 12.9. The molecule has 5 nitrogen and oxygen atoms in total. The summed E-state index contributed by atoms with van der Waals surface area (Å²) < 4.78 is 7.44. The molecular formula is C14H16N4O. The van der Waals surface area contributed by atoms with Crippen molar-refractivity contribution in [3.8, 4) is 0 Å². The number of hydrogen-bond donors (Lipinski definition) is 1. The number of furan rings is 1. The van der Waals surface area contributed by atoms with Gasteiger partial charge in [0.1, 0.15) is 11.4 Å². The number of rotatable bonds is 6. The van der Waals surface area contributed by atoms with Crippen LogP contribution in [0, 0.1) is 0 Å². The van der Waals surface area contributed by atoms with Crippen LogP contribution in [0.25, 0.3) is 11.0 Å². The lowest BCUT2D eigenvalue weighted by atomic mass is 10.3. The molecule has 3 heterocycles. The molecular weight excluding hydrogens is 240 g/mol. The average molecular weight is 256 g/mol. The first-order valence-corrected chi connectivity index (χ1v) is 6.45. The Morgan fingerprint density at radius 2 is 2.21 bits per heavy atom. The number of unbranched alkanes of at least 4 members (excludes halogenated alkanes) is 1. The van der Waals surface area contributed by atoms with E-state index in [0.717, 1.165) is 42.7 Å². The number of imidazole rings is 1. The minimum absolute atomic E-state index is 0.871. The first kappa shape index (κ1) is 11.8. The quantitative estimate of drug-likeness (QED) is 0.689. The van der Waals surface area contributed by atoms with Crippen molar-refractivity contribution in [2.45, 2.75) is 19.4 Å². The molecule has 0 bridgehead atoms. The maximum Gasteiger partial charge on any atom is 0.139 e. The maximum absolute atomic E-state index is 5.34. The molecule has 0 spiro atoms. The molecule has 0 radical (unpaired) electrons. The number of pyridine rings is 1. The fourth-order valence-electron chi connectivity index (χ4n) is 2.08. The average Bonchev–Trinajstić information content (AvgIpc) is 3.09. The minimum atomic E-state index is 0.871. The number of aromatic nitrogens is 3. The van der Waals surface area contributed by atoms with Crippen molar-refractivity contribution in [2.24, 2.45) is 0 Å². The van der Waals surface area contributed by atoms with Crippen molar-refractivity contribution in [3.63, 3.8) is 0 Å². The number of anilines is 1. The molecule has 0 atom stereocenters. The largest absolute Gasteiger partial charge is 0.464 e. The van der Waals surface area contributed by atoms with Crippen molar-refractivity contribution in [1.29, 1.82) is 0 Å². The Hall–Kier alpha value is -2.30. The molecule has 5 heteroatoms. The summed E-state index contributed by atoms with van der Waals surface area (Å²) in [5.41, 5.74) is 0.871. The Labute approximate surface area is 111 Å². The van der Waals surface area contributed by atoms with Crippen molar-refractivity contribution in [1.82, 2.24) is 14.5 Å². The van der Waals surface area contributed by atoms with E-state index in [4.69, 9.17) is 4.42 Å². The molecule has 98 valence electrons. The maximum atomic E-state index is 5.34. The van der Waals surface area contributed by atoms with E-state index in [2.05, 4.69) is 19.9 Å². The van der Waals surface area contributed by atoms with E-state index < -0.39 is 0 Å². The van der Waals surface area contributed by atoms with Gasteiger partial charge in [-0.1, -0.05) is 0 Å². The van der Waals surface area contributed by atoms with Gasteiger partial charge in [0, 0.05) is 31.7 Å². The molecule has 1 N–H and O–H groups in total. The number of nitrogens with zero attached hydrogens (tertiary/aromatic N) is 3. The van der Waals surface area contributed by atoms with Gasteiger partial charge in [0.25, 0.3) is 0 Å². The summed E-state index contributed by atoms with van der Waals surface area (Å²) in [6.45, 7) is 1.91. The molecule has 0 aliphatic rings. The Bertz CT molecular complexity index is 630. The van der Waals surface area contributed by atoms with Crippen LogP contribution in [0.1, 0.15) is 12.8 Å². The van der Waals surface area contributed by atoms with Crippen LogP contribution in [0.3, 0.4) is 0 Å². The van der Waals surface area contributed by atoms with Gasteiger partial charge in [-0.15, -0.1) is 0 Å². The minimum Gasteiger partial charge on any atom is -0.464 e. The van der Waals surface area contributed by atoms with Crippen LogP contribution in [0.4, 0.5) is 5.82 Å². The standard InChI is InChI=1S/C14H16N4O/c1(2-8-18-9-7-15-11-18)5-16-14-12-4-10-19-13(12)3-6-17-14/h3-4,6-7,9-11H,1-2,5,8H2,(H,16,17). The number of nitrogens with one attached hydrogen (secondary N) is 1. The predicted octanol–water partition coefficient (Wildman–Crippen LogP) is 2.92. The molecule has 0 aromatic carbocycles. The molecule has 19 heavy (non-hydrogen) atoms. The Morgan fingerprint density at radius 3 is 3.11 bits per heavy atom. The van der Waals surface area contributed by atoms with Gasteiger partial charge in [-0.2, -0.15) is 0 Å². The molecule has 0 saturated heterocycles. The van der Waals surface area contributed by atoms with Crippen LogP contribution >= 0.6 is 0 Å². The van der Waals surface area contributed by atoms with Crippen LogP contribution in [0.2, 0.25) is 0 Å². The van der Waals surface area contributed by atoms with E-state index in [0.29, 0.717) is 0 Å². The number of aryl methyl sites for hydroxylation is 1. The van der Waals surface area contributed by atoms with Crippen LogP contribution in [-0.4, -0.2) is 21.1 Å². The van der Waals surface area contributed by atoms with E-state index >= 15 is 0 Å². The van der Waals surface area contributed by atoms with Gasteiger partial charge < -0.3 is 14.3 Å². The van der Waals surface area contributed by atoms with Crippen molar-refractivity contribution < 1.29 is 4.42 Å². The Morgan fingerprint density at radius 1 is 1.21 bits per heavy atom. The van der Waals surface area contributed by atoms with Gasteiger partial charge in [0.2, 0.25) is 0 Å². The fourth-order valence-corrected chi connectivity index (χ4v) is 2.08. The molecule has 0 saturated carbocycles. The van der Waals surface area contributed by atoms with Crippen molar-refractivity contribution in [3.05, 3.63) is 43.3 Å². The highest BCUT2D eigenvalue weighted by Gasteiger charge is 2.03. The number of fused-ring (bicyclic) bond motifs is 1. The third kappa shape index (κ3) is 2.76. The normalized spacial score (nSPS) is 10.9. The Balaban J connectivity index is 1.48. The molecule has 0 amide bonds. The topological polar surface area (TPSA) is 55.9 Å². The lowest BCUT2D eigenvalue weighted by molar-refractivity contribution is 0.615. The van der Waals surface area contributed by atoms with Gasteiger partial charge in [-0.3, -0.25) is 0 Å². The molecule has 3 rings (SSSR count). The summed E-state index contributed by atoms with van der Waals surface area (Å²) in [6, 6.07) is 3.82. The monoisotopic (exact) mass is 256 g/mol. The SMILES string of the molecule is c1cn(CCCCNc2nccc3occc23)cn1. The molecule has 0 unspecified atom stereocenters. The highest BCUT2D eigenvalue weighted by molar-refractivity contribution is 5.87. The molecule has 0 aliphatic heterocycles. The summed E-state index contributed by atoms with van der Waals surface area (Å²) in [4.78, 5) is 8.36. The Kier molecular flexibility index (Phi) is 3.45. The van der Waals surface area contributed by atoms with Gasteiger partial charge in [0.05, 0.1) is 18.0 Å². The third-order valence-electron chi connectivity index (χ3n) is 3.07. The zero-order valence-electron chi connectivity index (χ0n) is 10.6. The van der Waals surface area contributed by atoms with Crippen molar-refractivity contribution >= 4 is 16.8 Å². The van der Waals surface area contributed by atoms with E-state index in [1.807, 2.05) is 30.9 Å². The molecule has 0 aliphatic carbocycles. The van der Waals surface area contributed by atoms with Crippen LogP contribution in [-0.2, 0) is 6.54 Å². The lowest BCUT2D eigenvalue weighted by Crippen LogP contribution is -2.05. The first-order chi connectivity index (χ1) is 9.43. The second-order valence-corrected chi connectivity index (χ2v) is 4.43. The zero-order valence-corrected chi connectivity index (χ0v) is 10.6. The van der Waals surface area contributed by atoms with E-state index in [9.17, 15) is 0 Å². The lowest BCUT2D eigenvalue weighted by Gasteiger charge is -2.06.